The Bertz CT molecular complexity index is 1210. The monoisotopic (exact) mass is 412 g/mol. The van der Waals surface area contributed by atoms with Gasteiger partial charge in [-0.1, -0.05) is 49.4 Å². The summed E-state index contributed by atoms with van der Waals surface area (Å²) in [6, 6.07) is 15.3. The van der Waals surface area contributed by atoms with Gasteiger partial charge in [-0.15, -0.1) is 0 Å². The first-order chi connectivity index (χ1) is 14.9. The highest BCUT2D eigenvalue weighted by Crippen LogP contribution is 2.47. The van der Waals surface area contributed by atoms with Crippen molar-refractivity contribution in [2.45, 2.75) is 46.1 Å². The molecule has 1 N–H and O–H groups in total. The summed E-state index contributed by atoms with van der Waals surface area (Å²) in [6.45, 7) is 7.45. The number of nitrogens with zero attached hydrogens (tertiary/aromatic N) is 1. The minimum Gasteiger partial charge on any atom is -0.459 e. The smallest absolute Gasteiger partial charge is 0.337 e. The summed E-state index contributed by atoms with van der Waals surface area (Å²) in [6.07, 6.45) is 0.452. The molecule has 5 heteroatoms. The van der Waals surface area contributed by atoms with Gasteiger partial charge in [-0.25, -0.2) is 4.79 Å². The molecule has 0 radical (unpaired) electrons. The van der Waals surface area contributed by atoms with Gasteiger partial charge in [0.1, 0.15) is 0 Å². The molecule has 0 amide bonds. The van der Waals surface area contributed by atoms with Crippen molar-refractivity contribution in [3.8, 4) is 17.2 Å². The quantitative estimate of drug-likeness (QED) is 0.610. The van der Waals surface area contributed by atoms with Gasteiger partial charge in [-0.3, -0.25) is 4.79 Å². The molecule has 1 aliphatic carbocycles. The summed E-state index contributed by atoms with van der Waals surface area (Å²) in [4.78, 5) is 26.2. The third kappa shape index (κ3) is 3.25. The van der Waals surface area contributed by atoms with E-state index < -0.39 is 11.9 Å². The maximum absolute atomic E-state index is 13.2. The van der Waals surface area contributed by atoms with Crippen molar-refractivity contribution >= 4 is 11.8 Å². The first-order valence-electron chi connectivity index (χ1n) is 10.5. The second-order valence-electron chi connectivity index (χ2n) is 8.02. The van der Waals surface area contributed by atoms with Crippen molar-refractivity contribution in [2.24, 2.45) is 0 Å². The average molecular weight is 412 g/mol. The van der Waals surface area contributed by atoms with E-state index in [1.807, 2.05) is 64.1 Å². The number of allylic oxidation sites excluding steroid dienone is 3. The van der Waals surface area contributed by atoms with Crippen molar-refractivity contribution < 1.29 is 14.3 Å². The molecule has 1 aliphatic heterocycles. The number of hydrogen-bond donors (Lipinski definition) is 1. The first-order valence-corrected chi connectivity index (χ1v) is 10.5. The number of esters is 1. The zero-order valence-electron chi connectivity index (χ0n) is 18.1. The third-order valence-electron chi connectivity index (χ3n) is 6.08. The summed E-state index contributed by atoms with van der Waals surface area (Å²) in [7, 11) is 0. The molecule has 1 heterocycles. The standard InChI is InChI=1S/C26H24N2O3/c1-5-14(2)31-26(30)22-16(4)28-15(3)21(13-27)24(22)19-11-8-12-20-23(19)17-9-6-7-10-18(17)25(20)29/h6-12,14,24,28H,5H2,1-4H3/t14-,24+/m0/s1. The summed E-state index contributed by atoms with van der Waals surface area (Å²) in [5.41, 5.74) is 5.84. The van der Waals surface area contributed by atoms with Crippen LogP contribution in [0.2, 0.25) is 0 Å². The zero-order chi connectivity index (χ0) is 22.3. The number of nitriles is 1. The Kier molecular flexibility index (Phi) is 5.24. The van der Waals surface area contributed by atoms with E-state index in [1.54, 1.807) is 6.07 Å². The van der Waals surface area contributed by atoms with Gasteiger partial charge in [0.05, 0.1) is 29.2 Å². The Morgan fingerprint density at radius 2 is 1.77 bits per heavy atom. The first kappa shape index (κ1) is 20.6. The van der Waals surface area contributed by atoms with E-state index >= 15 is 0 Å². The summed E-state index contributed by atoms with van der Waals surface area (Å²) >= 11 is 0. The molecule has 31 heavy (non-hydrogen) atoms. The number of fused-ring (bicyclic) bond motifs is 3. The average Bonchev–Trinajstić information content (AvgIpc) is 3.05. The van der Waals surface area contributed by atoms with Crippen LogP contribution in [0, 0.1) is 11.3 Å². The predicted octanol–water partition coefficient (Wildman–Crippen LogP) is 5.00. The van der Waals surface area contributed by atoms with E-state index in [-0.39, 0.29) is 11.9 Å². The lowest BCUT2D eigenvalue weighted by atomic mass is 9.78. The number of ether oxygens (including phenoxy) is 1. The Morgan fingerprint density at radius 3 is 2.45 bits per heavy atom. The van der Waals surface area contributed by atoms with Crippen LogP contribution in [0.3, 0.4) is 0 Å². The van der Waals surface area contributed by atoms with Crippen LogP contribution in [0.5, 0.6) is 0 Å². The molecule has 4 rings (SSSR count). The van der Waals surface area contributed by atoms with Crippen LogP contribution in [0.15, 0.2) is 65.0 Å². The van der Waals surface area contributed by atoms with Gasteiger partial charge < -0.3 is 10.1 Å². The molecule has 2 aromatic rings. The molecule has 0 saturated heterocycles. The number of rotatable bonds is 4. The van der Waals surface area contributed by atoms with E-state index in [0.29, 0.717) is 40.1 Å². The van der Waals surface area contributed by atoms with Crippen LogP contribution in [-0.4, -0.2) is 17.9 Å². The normalized spacial score (nSPS) is 18.2. The molecule has 0 aromatic heterocycles. The van der Waals surface area contributed by atoms with Crippen LogP contribution < -0.4 is 5.32 Å². The van der Waals surface area contributed by atoms with Crippen LogP contribution >= 0.6 is 0 Å². The minimum absolute atomic E-state index is 0.0370. The number of ketones is 1. The number of carbonyl (C=O) groups is 2. The lowest BCUT2D eigenvalue weighted by molar-refractivity contribution is -0.143. The molecule has 0 fully saturated rings. The largest absolute Gasteiger partial charge is 0.459 e. The number of benzene rings is 2. The van der Waals surface area contributed by atoms with Crippen molar-refractivity contribution in [2.75, 3.05) is 0 Å². The fraction of sp³-hybridized carbons (Fsp3) is 0.269. The summed E-state index contributed by atoms with van der Waals surface area (Å²) in [5, 5.41) is 13.2. The molecule has 2 aliphatic rings. The Hall–Kier alpha value is -3.65. The SMILES string of the molecule is CC[C@H](C)OC(=O)C1=C(C)NC(C)=C(C#N)[C@H]1c1cccc2c1-c1ccccc1C2=O. The second-order valence-corrected chi connectivity index (χ2v) is 8.02. The van der Waals surface area contributed by atoms with E-state index in [0.717, 1.165) is 16.7 Å². The summed E-state index contributed by atoms with van der Waals surface area (Å²) in [5.74, 6) is -1.10. The number of dihydropyridines is 1. The van der Waals surface area contributed by atoms with Crippen molar-refractivity contribution in [1.29, 1.82) is 5.26 Å². The van der Waals surface area contributed by atoms with Gasteiger partial charge in [0.15, 0.2) is 5.78 Å². The number of nitrogens with one attached hydrogen (secondary N) is 1. The highest BCUT2D eigenvalue weighted by molar-refractivity contribution is 6.22. The van der Waals surface area contributed by atoms with Crippen LogP contribution in [0.1, 0.15) is 61.5 Å². The molecule has 0 bridgehead atoms. The Labute approximate surface area is 182 Å². The second kappa shape index (κ2) is 7.88. The van der Waals surface area contributed by atoms with Crippen LogP contribution in [0.4, 0.5) is 0 Å². The molecular formula is C26H24N2O3. The third-order valence-corrected chi connectivity index (χ3v) is 6.08. The van der Waals surface area contributed by atoms with Gasteiger partial charge in [-0.2, -0.15) is 5.26 Å². The van der Waals surface area contributed by atoms with Gasteiger partial charge in [-0.05, 0) is 43.9 Å². The van der Waals surface area contributed by atoms with E-state index in [1.165, 1.54) is 0 Å². The molecule has 0 saturated carbocycles. The highest BCUT2D eigenvalue weighted by Gasteiger charge is 2.39. The van der Waals surface area contributed by atoms with Crippen LogP contribution in [-0.2, 0) is 9.53 Å². The molecule has 2 atom stereocenters. The van der Waals surface area contributed by atoms with Crippen molar-refractivity contribution in [3.63, 3.8) is 0 Å². The predicted molar refractivity (Wildman–Crippen MR) is 118 cm³/mol. The number of hydrogen-bond acceptors (Lipinski definition) is 5. The highest BCUT2D eigenvalue weighted by atomic mass is 16.5. The lowest BCUT2D eigenvalue weighted by Crippen LogP contribution is -2.30. The fourth-order valence-electron chi connectivity index (χ4n) is 4.40. The molecule has 2 aromatic carbocycles. The Balaban J connectivity index is 1.96. The minimum atomic E-state index is -0.614. The number of carbonyl (C=O) groups excluding carboxylic acids is 2. The maximum atomic E-state index is 13.2. The topological polar surface area (TPSA) is 79.2 Å². The molecule has 5 nitrogen and oxygen atoms in total. The van der Waals surface area contributed by atoms with Gasteiger partial charge in [0.25, 0.3) is 0 Å². The van der Waals surface area contributed by atoms with Crippen molar-refractivity contribution in [1.82, 2.24) is 5.32 Å². The zero-order valence-corrected chi connectivity index (χ0v) is 18.1. The van der Waals surface area contributed by atoms with E-state index in [4.69, 9.17) is 4.74 Å². The Morgan fingerprint density at radius 1 is 1.10 bits per heavy atom. The van der Waals surface area contributed by atoms with Crippen molar-refractivity contribution in [3.05, 3.63) is 81.7 Å². The van der Waals surface area contributed by atoms with Gasteiger partial charge in [0, 0.05) is 22.5 Å². The fourth-order valence-corrected chi connectivity index (χ4v) is 4.40. The van der Waals surface area contributed by atoms with E-state index in [9.17, 15) is 14.9 Å². The lowest BCUT2D eigenvalue weighted by Gasteiger charge is -2.30. The molecule has 156 valence electrons. The molecular weight excluding hydrogens is 388 g/mol. The van der Waals surface area contributed by atoms with E-state index in [2.05, 4.69) is 11.4 Å². The van der Waals surface area contributed by atoms with Gasteiger partial charge in [0.2, 0.25) is 0 Å². The van der Waals surface area contributed by atoms with Gasteiger partial charge >= 0.3 is 5.97 Å². The summed E-state index contributed by atoms with van der Waals surface area (Å²) < 4.78 is 5.66. The molecule has 0 unspecified atom stereocenters. The maximum Gasteiger partial charge on any atom is 0.337 e. The molecule has 0 spiro atoms. The van der Waals surface area contributed by atoms with Crippen LogP contribution in [0.25, 0.3) is 11.1 Å².